The van der Waals surface area contributed by atoms with E-state index in [1.54, 1.807) is 0 Å². The van der Waals surface area contributed by atoms with Gasteiger partial charge in [-0.3, -0.25) is 0 Å². The molecule has 0 aromatic heterocycles. The van der Waals surface area contributed by atoms with Gasteiger partial charge in [-0.05, 0) is 46.5 Å². The molecule has 0 fully saturated rings. The summed E-state index contributed by atoms with van der Waals surface area (Å²) in [5.41, 5.74) is 5.25. The predicted molar refractivity (Wildman–Crippen MR) is 113 cm³/mol. The molecule has 6 rings (SSSR count). The fourth-order valence-corrected chi connectivity index (χ4v) is 5.00. The molecule has 0 aliphatic carbocycles. The van der Waals surface area contributed by atoms with E-state index in [4.69, 9.17) is 0 Å². The Morgan fingerprint density at radius 1 is 0.517 bits per heavy atom. The van der Waals surface area contributed by atoms with Gasteiger partial charge in [0.1, 0.15) is 0 Å². The summed E-state index contributed by atoms with van der Waals surface area (Å²) in [4.78, 5) is 0. The van der Waals surface area contributed by atoms with E-state index < -0.39 is 5.41 Å². The summed E-state index contributed by atoms with van der Waals surface area (Å²) in [5.74, 6) is 0. The second-order valence-electron chi connectivity index (χ2n) is 7.41. The van der Waals surface area contributed by atoms with Crippen molar-refractivity contribution in [2.75, 3.05) is 10.1 Å². The van der Waals surface area contributed by atoms with Crippen LogP contribution in [0.25, 0.3) is 0 Å². The number of nitrogens with zero attached hydrogens (tertiary/aromatic N) is 2. The SMILES string of the molecule is [O]N1c2ccccc2C2(c3ccccc31)c1ccccc1N([O-])c1ccccc12. The van der Waals surface area contributed by atoms with Crippen LogP contribution in [-0.2, 0) is 10.6 Å². The Morgan fingerprint density at radius 3 is 1.24 bits per heavy atom. The first-order chi connectivity index (χ1) is 14.2. The van der Waals surface area contributed by atoms with Gasteiger partial charge in [-0.1, -0.05) is 78.0 Å². The fraction of sp³-hybridized carbons (Fsp3) is 0.0400. The lowest BCUT2D eigenvalue weighted by atomic mass is 9.60. The van der Waals surface area contributed by atoms with Crippen molar-refractivity contribution in [3.63, 3.8) is 0 Å². The molecular weight excluding hydrogens is 360 g/mol. The Morgan fingerprint density at radius 2 is 0.828 bits per heavy atom. The molecule has 4 heteroatoms. The molecule has 0 saturated carbocycles. The highest BCUT2D eigenvalue weighted by molar-refractivity contribution is 5.90. The molecule has 0 amide bonds. The molecule has 0 atom stereocenters. The van der Waals surface area contributed by atoms with Crippen molar-refractivity contribution >= 4 is 22.7 Å². The van der Waals surface area contributed by atoms with Gasteiger partial charge in [-0.2, -0.15) is 5.06 Å². The molecule has 2 aliphatic rings. The van der Waals surface area contributed by atoms with Crippen LogP contribution in [-0.4, -0.2) is 0 Å². The highest BCUT2D eigenvalue weighted by atomic mass is 16.5. The van der Waals surface area contributed by atoms with Gasteiger partial charge in [0.25, 0.3) is 0 Å². The zero-order valence-electron chi connectivity index (χ0n) is 15.4. The molecule has 2 aliphatic heterocycles. The summed E-state index contributed by atoms with van der Waals surface area (Å²) in [7, 11) is 0. The van der Waals surface area contributed by atoms with Crippen LogP contribution in [0.1, 0.15) is 22.3 Å². The van der Waals surface area contributed by atoms with Crippen LogP contribution in [0.4, 0.5) is 22.7 Å². The minimum absolute atomic E-state index is 0.607. The van der Waals surface area contributed by atoms with Crippen molar-refractivity contribution in [1.29, 1.82) is 0 Å². The second-order valence-corrected chi connectivity index (χ2v) is 7.41. The number of hydrogen-bond donors (Lipinski definition) is 0. The number of fused-ring (bicyclic) bond motifs is 8. The van der Waals surface area contributed by atoms with Crippen LogP contribution in [0, 0.1) is 5.21 Å². The molecule has 0 bridgehead atoms. The smallest absolute Gasteiger partial charge is 0.0783 e. The van der Waals surface area contributed by atoms with Crippen molar-refractivity contribution in [3.8, 4) is 0 Å². The van der Waals surface area contributed by atoms with Crippen molar-refractivity contribution in [2.45, 2.75) is 5.41 Å². The summed E-state index contributed by atoms with van der Waals surface area (Å²) in [6, 6.07) is 30.8. The molecule has 1 radical (unpaired) electrons. The minimum Gasteiger partial charge on any atom is -0.754 e. The van der Waals surface area contributed by atoms with Crippen LogP contribution in [0.2, 0.25) is 0 Å². The normalized spacial score (nSPS) is 15.4. The van der Waals surface area contributed by atoms with Crippen LogP contribution in [0.15, 0.2) is 97.1 Å². The van der Waals surface area contributed by atoms with Gasteiger partial charge in [0.05, 0.1) is 16.8 Å². The van der Waals surface area contributed by atoms with E-state index in [0.717, 1.165) is 32.4 Å². The van der Waals surface area contributed by atoms with Gasteiger partial charge in [0, 0.05) is 11.4 Å². The third-order valence-electron chi connectivity index (χ3n) is 6.11. The lowest BCUT2D eigenvalue weighted by Gasteiger charge is -2.51. The van der Waals surface area contributed by atoms with Crippen LogP contribution in [0.5, 0.6) is 0 Å². The summed E-state index contributed by atoms with van der Waals surface area (Å²) >= 11 is 0. The quantitative estimate of drug-likeness (QED) is 0.389. The highest BCUT2D eigenvalue weighted by Gasteiger charge is 2.50. The van der Waals surface area contributed by atoms with Crippen molar-refractivity contribution in [2.24, 2.45) is 0 Å². The molecule has 2 heterocycles. The summed E-state index contributed by atoms with van der Waals surface area (Å²) in [5, 5.41) is 28.5. The van der Waals surface area contributed by atoms with E-state index in [9.17, 15) is 10.4 Å². The lowest BCUT2D eigenvalue weighted by Crippen LogP contribution is -2.41. The number of benzene rings is 4. The number of para-hydroxylation sites is 4. The molecule has 1 spiro atoms. The number of hydrogen-bond acceptors (Lipinski definition) is 3. The molecule has 139 valence electrons. The molecule has 0 N–H and O–H groups in total. The van der Waals surface area contributed by atoms with E-state index in [1.165, 1.54) is 0 Å². The maximum atomic E-state index is 13.3. The van der Waals surface area contributed by atoms with E-state index in [0.29, 0.717) is 22.7 Å². The first-order valence-electron chi connectivity index (χ1n) is 9.57. The summed E-state index contributed by atoms with van der Waals surface area (Å²) in [6.07, 6.45) is 0. The van der Waals surface area contributed by atoms with Gasteiger partial charge < -0.3 is 10.3 Å². The Labute approximate surface area is 168 Å². The van der Waals surface area contributed by atoms with E-state index in [-0.39, 0.29) is 0 Å². The second kappa shape index (κ2) is 5.70. The predicted octanol–water partition coefficient (Wildman–Crippen LogP) is 5.82. The van der Waals surface area contributed by atoms with Crippen molar-refractivity contribution in [3.05, 3.63) is 125 Å². The average molecular weight is 376 g/mol. The Kier molecular flexibility index (Phi) is 3.22. The molecule has 4 aromatic carbocycles. The standard InChI is InChI=1S/C25H16N2O2/c28-26-21-13-5-1-9-17(21)25(18-10-2-6-14-22(18)26)19-11-3-7-15-23(19)27(29)24-16-8-4-12-20(24)25/h1-16H/q-1. The Bertz CT molecular complexity index is 1070. The van der Waals surface area contributed by atoms with Gasteiger partial charge >= 0.3 is 0 Å². The van der Waals surface area contributed by atoms with Crippen LogP contribution < -0.4 is 10.1 Å². The largest absolute Gasteiger partial charge is 0.754 e. The molecule has 0 unspecified atom stereocenters. The third-order valence-corrected chi connectivity index (χ3v) is 6.11. The fourth-order valence-electron chi connectivity index (χ4n) is 5.00. The Hall–Kier alpha value is -3.60. The maximum Gasteiger partial charge on any atom is 0.0783 e. The van der Waals surface area contributed by atoms with Gasteiger partial charge in [0.15, 0.2) is 0 Å². The molecule has 4 nitrogen and oxygen atoms in total. The zero-order chi connectivity index (χ0) is 19.6. The highest BCUT2D eigenvalue weighted by Crippen LogP contribution is 2.61. The maximum absolute atomic E-state index is 13.3. The first kappa shape index (κ1) is 16.4. The molecule has 0 saturated heterocycles. The van der Waals surface area contributed by atoms with Gasteiger partial charge in [-0.15, -0.1) is 0 Å². The number of anilines is 4. The molecular formula is C25H16N2O2-. The number of rotatable bonds is 0. The van der Waals surface area contributed by atoms with Crippen LogP contribution in [0.3, 0.4) is 0 Å². The van der Waals surface area contributed by atoms with Crippen LogP contribution >= 0.6 is 0 Å². The zero-order valence-corrected chi connectivity index (χ0v) is 15.4. The average Bonchev–Trinajstić information content (AvgIpc) is 2.79. The van der Waals surface area contributed by atoms with Gasteiger partial charge in [-0.25, -0.2) is 0 Å². The first-order valence-corrected chi connectivity index (χ1v) is 9.57. The minimum atomic E-state index is -0.734. The van der Waals surface area contributed by atoms with Crippen molar-refractivity contribution in [1.82, 2.24) is 0 Å². The van der Waals surface area contributed by atoms with E-state index in [2.05, 4.69) is 0 Å². The van der Waals surface area contributed by atoms with Gasteiger partial charge in [0.2, 0.25) is 0 Å². The molecule has 4 aromatic rings. The topological polar surface area (TPSA) is 49.4 Å². The van der Waals surface area contributed by atoms with E-state index in [1.807, 2.05) is 97.1 Å². The lowest BCUT2D eigenvalue weighted by molar-refractivity contribution is 0.192. The Balaban J connectivity index is 1.87. The third kappa shape index (κ3) is 1.89. The van der Waals surface area contributed by atoms with E-state index >= 15 is 0 Å². The monoisotopic (exact) mass is 376 g/mol. The summed E-state index contributed by atoms with van der Waals surface area (Å²) in [6.45, 7) is 0. The summed E-state index contributed by atoms with van der Waals surface area (Å²) < 4.78 is 0. The van der Waals surface area contributed by atoms with Crippen molar-refractivity contribution < 1.29 is 5.21 Å². The molecule has 29 heavy (non-hydrogen) atoms.